The van der Waals surface area contributed by atoms with Gasteiger partial charge >= 0.3 is 5.97 Å². The number of aromatic nitrogens is 1. The zero-order valence-corrected chi connectivity index (χ0v) is 12.6. The molecule has 0 saturated heterocycles. The van der Waals surface area contributed by atoms with Crippen molar-refractivity contribution in [2.24, 2.45) is 0 Å². The minimum absolute atomic E-state index is 0.353. The van der Waals surface area contributed by atoms with Crippen LogP contribution in [0.3, 0.4) is 0 Å². The quantitative estimate of drug-likeness (QED) is 0.937. The number of benzene rings is 1. The van der Waals surface area contributed by atoms with E-state index in [0.717, 1.165) is 30.8 Å². The van der Waals surface area contributed by atoms with Gasteiger partial charge in [-0.05, 0) is 60.9 Å². The molecule has 2 heterocycles. The summed E-state index contributed by atoms with van der Waals surface area (Å²) in [5.41, 5.74) is 3.58. The van der Waals surface area contributed by atoms with Gasteiger partial charge in [-0.3, -0.25) is 4.98 Å². The van der Waals surface area contributed by atoms with Crippen molar-refractivity contribution in [3.05, 3.63) is 58.9 Å². The first-order valence-electron chi connectivity index (χ1n) is 7.54. The van der Waals surface area contributed by atoms with E-state index >= 15 is 0 Å². The molecule has 0 amide bonds. The predicted molar refractivity (Wildman–Crippen MR) is 83.5 cm³/mol. The Morgan fingerprint density at radius 1 is 1.41 bits per heavy atom. The molecule has 22 heavy (non-hydrogen) atoms. The third-order valence-electron chi connectivity index (χ3n) is 4.23. The van der Waals surface area contributed by atoms with E-state index < -0.39 is 5.97 Å². The summed E-state index contributed by atoms with van der Waals surface area (Å²) in [4.78, 5) is 15.3. The number of ether oxygens (including phenoxy) is 1. The Kier molecular flexibility index (Phi) is 4.09. The van der Waals surface area contributed by atoms with Crippen LogP contribution in [-0.4, -0.2) is 22.7 Å². The molecule has 1 aliphatic rings. The fraction of sp³-hybridized carbons (Fsp3) is 0.333. The molecule has 3 rings (SSSR count). The Labute approximate surface area is 129 Å². The maximum Gasteiger partial charge on any atom is 0.336 e. The van der Waals surface area contributed by atoms with Crippen molar-refractivity contribution in [1.29, 1.82) is 0 Å². The summed E-state index contributed by atoms with van der Waals surface area (Å²) >= 11 is 0. The largest absolute Gasteiger partial charge is 0.493 e. The Bertz CT molecular complexity index is 696. The molecule has 2 aromatic rings. The van der Waals surface area contributed by atoms with Gasteiger partial charge in [0.15, 0.2) is 0 Å². The molecule has 114 valence electrons. The lowest BCUT2D eigenvalue weighted by atomic mass is 9.87. The molecule has 4 nitrogen and oxygen atoms in total. The van der Waals surface area contributed by atoms with E-state index in [9.17, 15) is 9.90 Å². The number of rotatable bonds is 4. The van der Waals surface area contributed by atoms with Crippen molar-refractivity contribution in [2.75, 3.05) is 6.61 Å². The number of pyridine rings is 1. The van der Waals surface area contributed by atoms with E-state index in [1.807, 2.05) is 0 Å². The number of hydrogen-bond acceptors (Lipinski definition) is 3. The zero-order valence-electron chi connectivity index (χ0n) is 12.6. The van der Waals surface area contributed by atoms with Gasteiger partial charge in [-0.15, -0.1) is 0 Å². The van der Waals surface area contributed by atoms with E-state index in [1.165, 1.54) is 17.3 Å². The summed E-state index contributed by atoms with van der Waals surface area (Å²) in [7, 11) is 0. The standard InChI is InChI=1S/C18H19NO3/c1-12-2-5-15-13(7-9-22-17(15)10-12)3-4-14-11-19-8-6-16(14)18(20)21/h2,5-6,8,10-11,13H,3-4,7,9H2,1H3,(H,20,21). The number of aryl methyl sites for hydroxylation is 2. The van der Waals surface area contributed by atoms with Crippen LogP contribution < -0.4 is 4.74 Å². The van der Waals surface area contributed by atoms with Crippen molar-refractivity contribution in [1.82, 2.24) is 4.98 Å². The molecule has 1 N–H and O–H groups in total. The smallest absolute Gasteiger partial charge is 0.336 e. The van der Waals surface area contributed by atoms with Crippen LogP contribution in [0.15, 0.2) is 36.7 Å². The molecule has 0 saturated carbocycles. The number of carbonyl (C=O) groups is 1. The summed E-state index contributed by atoms with van der Waals surface area (Å²) in [5.74, 6) is 0.493. The summed E-state index contributed by atoms with van der Waals surface area (Å²) in [6, 6.07) is 7.89. The third-order valence-corrected chi connectivity index (χ3v) is 4.23. The molecule has 1 atom stereocenters. The van der Waals surface area contributed by atoms with Crippen LogP contribution in [0.4, 0.5) is 0 Å². The highest BCUT2D eigenvalue weighted by molar-refractivity contribution is 5.89. The first kappa shape index (κ1) is 14.6. The maximum absolute atomic E-state index is 11.3. The highest BCUT2D eigenvalue weighted by atomic mass is 16.5. The second-order valence-electron chi connectivity index (χ2n) is 5.75. The number of fused-ring (bicyclic) bond motifs is 1. The minimum atomic E-state index is -0.889. The Balaban J connectivity index is 1.77. The minimum Gasteiger partial charge on any atom is -0.493 e. The van der Waals surface area contributed by atoms with Crippen LogP contribution >= 0.6 is 0 Å². The first-order chi connectivity index (χ1) is 10.6. The molecule has 0 aliphatic carbocycles. The maximum atomic E-state index is 11.3. The second-order valence-corrected chi connectivity index (χ2v) is 5.75. The molecule has 1 aliphatic heterocycles. The monoisotopic (exact) mass is 297 g/mol. The summed E-state index contributed by atoms with van der Waals surface area (Å²) in [6.07, 6.45) is 5.79. The van der Waals surface area contributed by atoms with Crippen LogP contribution in [0.1, 0.15) is 45.8 Å². The third kappa shape index (κ3) is 2.96. The van der Waals surface area contributed by atoms with Crippen LogP contribution in [0.5, 0.6) is 5.75 Å². The zero-order chi connectivity index (χ0) is 15.5. The van der Waals surface area contributed by atoms with Gasteiger partial charge in [0.05, 0.1) is 12.2 Å². The number of hydrogen-bond donors (Lipinski definition) is 1. The molecule has 0 bridgehead atoms. The highest BCUT2D eigenvalue weighted by Crippen LogP contribution is 2.37. The molecule has 0 fully saturated rings. The van der Waals surface area contributed by atoms with Gasteiger partial charge in [0, 0.05) is 12.4 Å². The van der Waals surface area contributed by atoms with Crippen molar-refractivity contribution >= 4 is 5.97 Å². The Morgan fingerprint density at radius 2 is 2.27 bits per heavy atom. The van der Waals surface area contributed by atoms with E-state index in [0.29, 0.717) is 17.9 Å². The summed E-state index contributed by atoms with van der Waals surface area (Å²) in [5, 5.41) is 9.24. The molecule has 0 radical (unpaired) electrons. The molecule has 0 spiro atoms. The fourth-order valence-corrected chi connectivity index (χ4v) is 3.04. The number of carboxylic acids is 1. The SMILES string of the molecule is Cc1ccc2c(c1)OCCC2CCc1cnccc1C(=O)O. The van der Waals surface area contributed by atoms with Crippen molar-refractivity contribution < 1.29 is 14.6 Å². The van der Waals surface area contributed by atoms with Crippen molar-refractivity contribution in [2.45, 2.75) is 32.1 Å². The molecule has 1 unspecified atom stereocenters. The van der Waals surface area contributed by atoms with Gasteiger partial charge in [0.2, 0.25) is 0 Å². The fourth-order valence-electron chi connectivity index (χ4n) is 3.04. The van der Waals surface area contributed by atoms with Crippen molar-refractivity contribution in [3.63, 3.8) is 0 Å². The van der Waals surface area contributed by atoms with Gasteiger partial charge in [0.1, 0.15) is 5.75 Å². The van der Waals surface area contributed by atoms with E-state index in [4.69, 9.17) is 4.74 Å². The molecular formula is C18H19NO3. The van der Waals surface area contributed by atoms with E-state index in [-0.39, 0.29) is 0 Å². The van der Waals surface area contributed by atoms with Crippen LogP contribution in [0.2, 0.25) is 0 Å². The number of carboxylic acid groups (broad SMARTS) is 1. The van der Waals surface area contributed by atoms with Crippen molar-refractivity contribution in [3.8, 4) is 5.75 Å². The van der Waals surface area contributed by atoms with Gasteiger partial charge in [-0.2, -0.15) is 0 Å². The van der Waals surface area contributed by atoms with Gasteiger partial charge < -0.3 is 9.84 Å². The van der Waals surface area contributed by atoms with E-state index in [1.54, 1.807) is 12.3 Å². The average molecular weight is 297 g/mol. The topological polar surface area (TPSA) is 59.4 Å². The Hall–Kier alpha value is -2.36. The first-order valence-corrected chi connectivity index (χ1v) is 7.54. The van der Waals surface area contributed by atoms with E-state index in [2.05, 4.69) is 30.1 Å². The van der Waals surface area contributed by atoms with Gasteiger partial charge in [-0.1, -0.05) is 12.1 Å². The lowest BCUT2D eigenvalue weighted by molar-refractivity contribution is 0.0695. The normalized spacial score (nSPS) is 16.7. The second kappa shape index (κ2) is 6.18. The molecule has 1 aromatic carbocycles. The van der Waals surface area contributed by atoms with Crippen LogP contribution in [0.25, 0.3) is 0 Å². The average Bonchev–Trinajstić information content (AvgIpc) is 2.52. The Morgan fingerprint density at radius 3 is 3.09 bits per heavy atom. The number of aromatic carboxylic acids is 1. The van der Waals surface area contributed by atoms with Crippen LogP contribution in [0, 0.1) is 6.92 Å². The lowest BCUT2D eigenvalue weighted by Crippen LogP contribution is -2.15. The summed E-state index contributed by atoms with van der Waals surface area (Å²) < 4.78 is 5.74. The number of nitrogens with zero attached hydrogens (tertiary/aromatic N) is 1. The highest BCUT2D eigenvalue weighted by Gasteiger charge is 2.22. The molecule has 1 aromatic heterocycles. The molecular weight excluding hydrogens is 278 g/mol. The summed E-state index contributed by atoms with van der Waals surface area (Å²) in [6.45, 7) is 2.78. The molecule has 4 heteroatoms. The predicted octanol–water partition coefficient (Wildman–Crippen LogP) is 3.59. The van der Waals surface area contributed by atoms with Gasteiger partial charge in [-0.25, -0.2) is 4.79 Å². The lowest BCUT2D eigenvalue weighted by Gasteiger charge is -2.26. The van der Waals surface area contributed by atoms with Crippen LogP contribution in [-0.2, 0) is 6.42 Å². The van der Waals surface area contributed by atoms with Gasteiger partial charge in [0.25, 0.3) is 0 Å².